The van der Waals surface area contributed by atoms with Crippen LogP contribution < -0.4 is 15.4 Å². The maximum absolute atomic E-state index is 14.7. The number of nitrogens with one attached hydrogen (secondary N) is 2. The minimum absolute atomic E-state index is 0.0140. The SMILES string of the molecule is COc1nc(NC2CCC(C(F)(F)F)CC2)c(F)cc1CN(C)C(=O)C1CCCN1.O=C(O)C(F)(F)F. The van der Waals surface area contributed by atoms with Crippen LogP contribution >= 0.6 is 0 Å². The lowest BCUT2D eigenvalue weighted by molar-refractivity contribution is -0.192. The lowest BCUT2D eigenvalue weighted by Crippen LogP contribution is -2.41. The molecule has 1 saturated heterocycles. The second-order valence-electron chi connectivity index (χ2n) is 8.87. The van der Waals surface area contributed by atoms with Crippen LogP contribution in [0.25, 0.3) is 0 Å². The molecule has 15 heteroatoms. The molecule has 1 aromatic rings. The zero-order valence-electron chi connectivity index (χ0n) is 20.2. The topological polar surface area (TPSA) is 104 Å². The number of hydrogen-bond acceptors (Lipinski definition) is 6. The number of hydrogen-bond donors (Lipinski definition) is 3. The maximum Gasteiger partial charge on any atom is 0.490 e. The van der Waals surface area contributed by atoms with Crippen molar-refractivity contribution >= 4 is 17.7 Å². The second kappa shape index (κ2) is 12.6. The summed E-state index contributed by atoms with van der Waals surface area (Å²) in [5, 5.41) is 13.2. The number of carbonyl (C=O) groups is 2. The Balaban J connectivity index is 0.000000604. The zero-order valence-corrected chi connectivity index (χ0v) is 20.2. The van der Waals surface area contributed by atoms with E-state index in [4.69, 9.17) is 14.6 Å². The second-order valence-corrected chi connectivity index (χ2v) is 8.87. The van der Waals surface area contributed by atoms with Crippen molar-refractivity contribution in [1.82, 2.24) is 15.2 Å². The quantitative estimate of drug-likeness (QED) is 0.462. The van der Waals surface area contributed by atoms with Crippen LogP contribution in [0.1, 0.15) is 44.1 Å². The number of likely N-dealkylation sites (N-methyl/N-ethyl adjacent to an activating group) is 1. The number of amides is 1. The van der Waals surface area contributed by atoms with E-state index < -0.39 is 30.1 Å². The molecule has 1 atom stereocenters. The number of ether oxygens (including phenoxy) is 1. The Morgan fingerprint density at radius 2 is 1.76 bits per heavy atom. The van der Waals surface area contributed by atoms with Gasteiger partial charge in [-0.1, -0.05) is 0 Å². The van der Waals surface area contributed by atoms with Crippen LogP contribution in [-0.2, 0) is 16.1 Å². The van der Waals surface area contributed by atoms with Crippen molar-refractivity contribution in [2.24, 2.45) is 5.92 Å². The van der Waals surface area contributed by atoms with Crippen LogP contribution in [0.4, 0.5) is 36.6 Å². The molecular formula is C22H29F7N4O4. The van der Waals surface area contributed by atoms with Gasteiger partial charge in [-0.05, 0) is 51.1 Å². The average molecular weight is 546 g/mol. The van der Waals surface area contributed by atoms with Crippen LogP contribution in [0.3, 0.4) is 0 Å². The number of nitrogens with zero attached hydrogens (tertiary/aromatic N) is 2. The first kappa shape index (κ1) is 30.4. The summed E-state index contributed by atoms with van der Waals surface area (Å²) in [7, 11) is 3.05. The van der Waals surface area contributed by atoms with Gasteiger partial charge in [-0.2, -0.15) is 31.3 Å². The molecule has 1 aliphatic heterocycles. The van der Waals surface area contributed by atoms with Crippen molar-refractivity contribution in [3.8, 4) is 5.88 Å². The predicted octanol–water partition coefficient (Wildman–Crippen LogP) is 4.11. The molecule has 2 fully saturated rings. The molecule has 0 aromatic carbocycles. The number of aromatic nitrogens is 1. The van der Waals surface area contributed by atoms with Crippen LogP contribution in [0.15, 0.2) is 6.07 Å². The first-order chi connectivity index (χ1) is 17.1. The van der Waals surface area contributed by atoms with Crippen molar-refractivity contribution < 1.29 is 50.2 Å². The lowest BCUT2D eigenvalue weighted by atomic mass is 9.85. The normalized spacial score (nSPS) is 22.0. The van der Waals surface area contributed by atoms with Gasteiger partial charge in [0.05, 0.1) is 25.6 Å². The van der Waals surface area contributed by atoms with Gasteiger partial charge >= 0.3 is 18.3 Å². The fourth-order valence-electron chi connectivity index (χ4n) is 4.15. The maximum atomic E-state index is 14.7. The predicted molar refractivity (Wildman–Crippen MR) is 117 cm³/mol. The zero-order chi connectivity index (χ0) is 28.0. The summed E-state index contributed by atoms with van der Waals surface area (Å²) in [5.74, 6) is -4.61. The number of methoxy groups -OCH3 is 1. The molecule has 3 rings (SSSR count). The smallest absolute Gasteiger partial charge is 0.481 e. The van der Waals surface area contributed by atoms with E-state index in [1.54, 1.807) is 7.05 Å². The molecule has 0 bridgehead atoms. The molecule has 1 saturated carbocycles. The third-order valence-corrected chi connectivity index (χ3v) is 6.12. The first-order valence-corrected chi connectivity index (χ1v) is 11.5. The number of anilines is 1. The van der Waals surface area contributed by atoms with Gasteiger partial charge in [0.1, 0.15) is 0 Å². The van der Waals surface area contributed by atoms with Gasteiger partial charge in [-0.15, -0.1) is 0 Å². The summed E-state index contributed by atoms with van der Waals surface area (Å²) in [6, 6.07) is 0.756. The van der Waals surface area contributed by atoms with E-state index >= 15 is 0 Å². The Labute approximate surface area is 208 Å². The van der Waals surface area contributed by atoms with Gasteiger partial charge in [0, 0.05) is 18.7 Å². The summed E-state index contributed by atoms with van der Waals surface area (Å²) < 4.78 is 90.1. The van der Waals surface area contributed by atoms with E-state index in [0.29, 0.717) is 18.4 Å². The molecule has 210 valence electrons. The number of rotatable bonds is 6. The minimum Gasteiger partial charge on any atom is -0.481 e. The number of carbonyl (C=O) groups excluding carboxylic acids is 1. The van der Waals surface area contributed by atoms with E-state index in [0.717, 1.165) is 19.4 Å². The molecule has 1 unspecified atom stereocenters. The molecular weight excluding hydrogens is 517 g/mol. The van der Waals surface area contributed by atoms with Gasteiger partial charge in [-0.3, -0.25) is 4.79 Å². The molecule has 8 nitrogen and oxygen atoms in total. The van der Waals surface area contributed by atoms with Crippen molar-refractivity contribution in [2.75, 3.05) is 26.0 Å². The molecule has 2 heterocycles. The molecule has 0 spiro atoms. The van der Waals surface area contributed by atoms with E-state index in [1.165, 1.54) is 18.1 Å². The third kappa shape index (κ3) is 8.90. The van der Waals surface area contributed by atoms with Crippen molar-refractivity contribution in [3.05, 3.63) is 17.4 Å². The van der Waals surface area contributed by atoms with E-state index in [9.17, 15) is 35.5 Å². The average Bonchev–Trinajstić information content (AvgIpc) is 3.34. The number of halogens is 7. The van der Waals surface area contributed by atoms with Gasteiger partial charge in [-0.25, -0.2) is 9.18 Å². The standard InChI is InChI=1S/C20H28F4N4O2.C2HF3O2/c1-28(19(29)16-4-3-9-25-16)11-12-10-15(21)17(27-18(12)30-2)26-14-7-5-13(6-8-14)20(22,23)24;3-2(4,5)1(6)7/h10,13-14,16,25H,3-9,11H2,1-2H3,(H,26,27);(H,6,7). The summed E-state index contributed by atoms with van der Waals surface area (Å²) in [6.45, 7) is 0.941. The Hall–Kier alpha value is -2.84. The third-order valence-electron chi connectivity index (χ3n) is 6.12. The number of alkyl halides is 6. The van der Waals surface area contributed by atoms with Crippen LogP contribution in [0.2, 0.25) is 0 Å². The molecule has 2 aliphatic rings. The van der Waals surface area contributed by atoms with Crippen molar-refractivity contribution in [1.29, 1.82) is 0 Å². The van der Waals surface area contributed by atoms with Gasteiger partial charge < -0.3 is 25.4 Å². The summed E-state index contributed by atoms with van der Waals surface area (Å²) >= 11 is 0. The van der Waals surface area contributed by atoms with Gasteiger partial charge in [0.2, 0.25) is 11.8 Å². The fraction of sp³-hybridized carbons (Fsp3) is 0.682. The molecule has 1 aromatic heterocycles. The lowest BCUT2D eigenvalue weighted by Gasteiger charge is -2.30. The first-order valence-electron chi connectivity index (χ1n) is 11.5. The van der Waals surface area contributed by atoms with Gasteiger partial charge in [0.15, 0.2) is 11.6 Å². The number of carboxylic acids is 1. The Kier molecular flexibility index (Phi) is 10.4. The highest BCUT2D eigenvalue weighted by Gasteiger charge is 2.41. The highest BCUT2D eigenvalue weighted by Crippen LogP contribution is 2.38. The highest BCUT2D eigenvalue weighted by molar-refractivity contribution is 5.82. The van der Waals surface area contributed by atoms with E-state index in [2.05, 4.69) is 15.6 Å². The van der Waals surface area contributed by atoms with Gasteiger partial charge in [0.25, 0.3) is 0 Å². The number of aliphatic carboxylic acids is 1. The largest absolute Gasteiger partial charge is 0.490 e. The van der Waals surface area contributed by atoms with Crippen molar-refractivity contribution in [2.45, 2.75) is 69.5 Å². The Bertz CT molecular complexity index is 929. The van der Waals surface area contributed by atoms with Crippen molar-refractivity contribution in [3.63, 3.8) is 0 Å². The van der Waals surface area contributed by atoms with E-state index in [-0.39, 0.29) is 49.1 Å². The minimum atomic E-state index is -5.08. The molecule has 1 aliphatic carbocycles. The molecule has 3 N–H and O–H groups in total. The summed E-state index contributed by atoms with van der Waals surface area (Å²) in [6.07, 6.45) is -6.94. The highest BCUT2D eigenvalue weighted by atomic mass is 19.4. The fourth-order valence-corrected chi connectivity index (χ4v) is 4.15. The molecule has 0 radical (unpaired) electrons. The Morgan fingerprint density at radius 1 is 1.16 bits per heavy atom. The summed E-state index contributed by atoms with van der Waals surface area (Å²) in [5.41, 5.74) is 0.426. The monoisotopic (exact) mass is 546 g/mol. The van der Waals surface area contributed by atoms with Crippen LogP contribution in [0, 0.1) is 11.7 Å². The number of pyridine rings is 1. The molecule has 1 amide bonds. The Morgan fingerprint density at radius 3 is 2.22 bits per heavy atom. The van der Waals surface area contributed by atoms with Crippen LogP contribution in [0.5, 0.6) is 5.88 Å². The van der Waals surface area contributed by atoms with Crippen LogP contribution in [-0.4, -0.2) is 72.0 Å². The number of carboxylic acid groups (broad SMARTS) is 1. The molecule has 37 heavy (non-hydrogen) atoms. The summed E-state index contributed by atoms with van der Waals surface area (Å²) in [4.78, 5) is 27.1. The van der Waals surface area contributed by atoms with E-state index in [1.807, 2.05) is 0 Å².